The first-order valence-corrected chi connectivity index (χ1v) is 7.98. The first kappa shape index (κ1) is 14.7. The van der Waals surface area contributed by atoms with E-state index in [4.69, 9.17) is 11.6 Å². The van der Waals surface area contributed by atoms with Gasteiger partial charge in [0.2, 0.25) is 5.28 Å². The van der Waals surface area contributed by atoms with Gasteiger partial charge in [-0.15, -0.1) is 0 Å². The van der Waals surface area contributed by atoms with Crippen LogP contribution in [0.3, 0.4) is 0 Å². The molecule has 3 nitrogen and oxygen atoms in total. The van der Waals surface area contributed by atoms with Crippen LogP contribution >= 0.6 is 11.6 Å². The van der Waals surface area contributed by atoms with Crippen LogP contribution < -0.4 is 0 Å². The fourth-order valence-electron chi connectivity index (χ4n) is 3.94. The number of rotatable bonds is 1. The molecule has 6 heteroatoms. The summed E-state index contributed by atoms with van der Waals surface area (Å²) in [6.45, 7) is 1.93. The summed E-state index contributed by atoms with van der Waals surface area (Å²) in [7, 11) is 0. The molecule has 0 unspecified atom stereocenters. The number of halogens is 3. The molecule has 0 saturated heterocycles. The Hall–Kier alpha value is -1.88. The minimum Gasteiger partial charge on any atom is -0.254 e. The van der Waals surface area contributed by atoms with Crippen LogP contribution in [0.5, 0.6) is 0 Å². The number of aromatic nitrogens is 2. The van der Waals surface area contributed by atoms with Gasteiger partial charge in [0, 0.05) is 22.3 Å². The summed E-state index contributed by atoms with van der Waals surface area (Å²) >= 11 is 5.84. The topological polar surface area (TPSA) is 38.1 Å². The summed E-state index contributed by atoms with van der Waals surface area (Å²) in [6, 6.07) is 2.89. The van der Waals surface area contributed by atoms with E-state index in [-0.39, 0.29) is 22.2 Å². The molecule has 1 saturated carbocycles. The zero-order valence-electron chi connectivity index (χ0n) is 12.5. The van der Waals surface area contributed by atoms with Gasteiger partial charge in [-0.1, -0.05) is 12.8 Å². The van der Waals surface area contributed by atoms with E-state index in [9.17, 15) is 8.78 Å². The third-order valence-corrected chi connectivity index (χ3v) is 5.19. The third kappa shape index (κ3) is 2.02. The largest absolute Gasteiger partial charge is 0.254 e. The molecule has 2 heterocycles. The number of nitrogens with zero attached hydrogens (tertiary/aromatic N) is 3. The second kappa shape index (κ2) is 5.06. The average molecular weight is 334 g/mol. The smallest absolute Gasteiger partial charge is 0.223 e. The molecule has 2 aromatic rings. The van der Waals surface area contributed by atoms with Gasteiger partial charge in [0.05, 0.1) is 6.20 Å². The van der Waals surface area contributed by atoms with E-state index >= 15 is 0 Å². The molecule has 1 aromatic carbocycles. The van der Waals surface area contributed by atoms with Crippen LogP contribution in [-0.2, 0) is 5.41 Å². The third-order valence-electron chi connectivity index (χ3n) is 5.01. The predicted molar refractivity (Wildman–Crippen MR) is 85.3 cm³/mol. The maximum atomic E-state index is 14.3. The van der Waals surface area contributed by atoms with Crippen molar-refractivity contribution < 1.29 is 8.78 Å². The van der Waals surface area contributed by atoms with Crippen molar-refractivity contribution in [2.24, 2.45) is 4.99 Å². The van der Waals surface area contributed by atoms with E-state index < -0.39 is 5.82 Å². The van der Waals surface area contributed by atoms with Gasteiger partial charge in [-0.3, -0.25) is 4.99 Å². The Bertz CT molecular complexity index is 842. The Morgan fingerprint density at radius 3 is 2.61 bits per heavy atom. The van der Waals surface area contributed by atoms with Gasteiger partial charge < -0.3 is 0 Å². The van der Waals surface area contributed by atoms with Crippen LogP contribution in [0, 0.1) is 11.6 Å². The van der Waals surface area contributed by atoms with Gasteiger partial charge in [0.25, 0.3) is 0 Å². The zero-order chi connectivity index (χ0) is 16.2. The van der Waals surface area contributed by atoms with Crippen molar-refractivity contribution >= 4 is 23.0 Å². The molecule has 0 radical (unpaired) electrons. The highest BCUT2D eigenvalue weighted by atomic mass is 35.5. The Kier molecular flexibility index (Phi) is 3.23. The number of benzene rings is 1. The summed E-state index contributed by atoms with van der Waals surface area (Å²) < 4.78 is 28.6. The summed E-state index contributed by atoms with van der Waals surface area (Å²) in [5.41, 5.74) is 2.33. The zero-order valence-corrected chi connectivity index (χ0v) is 13.3. The van der Waals surface area contributed by atoms with Gasteiger partial charge in [0.15, 0.2) is 5.82 Å². The lowest BCUT2D eigenvalue weighted by Gasteiger charge is -2.27. The lowest BCUT2D eigenvalue weighted by atomic mass is 9.74. The maximum Gasteiger partial charge on any atom is 0.223 e. The summed E-state index contributed by atoms with van der Waals surface area (Å²) in [4.78, 5) is 12.2. The molecule has 0 atom stereocenters. The van der Waals surface area contributed by atoms with Crippen LogP contribution in [0.2, 0.25) is 5.28 Å². The van der Waals surface area contributed by atoms with Gasteiger partial charge in [-0.25, -0.2) is 18.7 Å². The second-order valence-electron chi connectivity index (χ2n) is 6.14. The normalized spacial score (nSPS) is 18.3. The highest BCUT2D eigenvalue weighted by Crippen LogP contribution is 2.54. The Morgan fingerprint density at radius 1 is 1.13 bits per heavy atom. The minimum absolute atomic E-state index is 0.0319. The van der Waals surface area contributed by atoms with Crippen molar-refractivity contribution in [3.05, 3.63) is 40.8 Å². The fourth-order valence-corrected chi connectivity index (χ4v) is 4.07. The SMILES string of the molecule is CC1=Nc2c(F)ccc(-c3nc(Cl)ncc3F)c2C12CCCC2. The quantitative estimate of drug-likeness (QED) is 0.689. The number of aliphatic imine (C=N–C) groups is 1. The molecular weight excluding hydrogens is 320 g/mol. The van der Waals surface area contributed by atoms with E-state index in [1.165, 1.54) is 6.07 Å². The standard InChI is InChI=1S/C17H14ClF2N3/c1-9-17(6-2-3-7-17)13-10(4-5-11(19)15(13)22-9)14-12(20)8-21-16(18)23-14/h4-5,8H,2-3,6-7H2,1H3. The Morgan fingerprint density at radius 2 is 1.87 bits per heavy atom. The lowest BCUT2D eigenvalue weighted by molar-refractivity contribution is 0.594. The molecule has 0 N–H and O–H groups in total. The van der Waals surface area contributed by atoms with Crippen LogP contribution in [0.4, 0.5) is 14.5 Å². The monoisotopic (exact) mass is 333 g/mol. The number of hydrogen-bond donors (Lipinski definition) is 0. The molecule has 1 aromatic heterocycles. The average Bonchev–Trinajstić information content (AvgIpc) is 3.12. The molecule has 23 heavy (non-hydrogen) atoms. The van der Waals surface area contributed by atoms with Crippen molar-refractivity contribution in [3.8, 4) is 11.3 Å². The van der Waals surface area contributed by atoms with Gasteiger partial charge >= 0.3 is 0 Å². The number of fused-ring (bicyclic) bond motifs is 2. The van der Waals surface area contributed by atoms with Crippen molar-refractivity contribution in [1.29, 1.82) is 0 Å². The van der Waals surface area contributed by atoms with Crippen molar-refractivity contribution in [1.82, 2.24) is 9.97 Å². The van der Waals surface area contributed by atoms with Gasteiger partial charge in [-0.2, -0.15) is 0 Å². The van der Waals surface area contributed by atoms with Gasteiger partial charge in [0.1, 0.15) is 17.2 Å². The van der Waals surface area contributed by atoms with Crippen LogP contribution in [0.1, 0.15) is 38.2 Å². The van der Waals surface area contributed by atoms with E-state index in [2.05, 4.69) is 15.0 Å². The molecule has 1 aliphatic heterocycles. The summed E-state index contributed by atoms with van der Waals surface area (Å²) in [6.07, 6.45) is 4.94. The van der Waals surface area contributed by atoms with E-state index in [1.807, 2.05) is 6.92 Å². The first-order chi connectivity index (χ1) is 11.0. The van der Waals surface area contributed by atoms with Crippen LogP contribution in [-0.4, -0.2) is 15.7 Å². The van der Waals surface area contributed by atoms with Crippen LogP contribution in [0.15, 0.2) is 23.3 Å². The Labute approximate surface area is 137 Å². The lowest BCUT2D eigenvalue weighted by Crippen LogP contribution is -2.28. The van der Waals surface area contributed by atoms with E-state index in [1.54, 1.807) is 6.07 Å². The Balaban J connectivity index is 2.03. The predicted octanol–water partition coefficient (Wildman–Crippen LogP) is 4.99. The molecule has 1 aliphatic carbocycles. The van der Waals surface area contributed by atoms with Crippen molar-refractivity contribution in [3.63, 3.8) is 0 Å². The molecule has 2 aliphatic rings. The van der Waals surface area contributed by atoms with Crippen molar-refractivity contribution in [2.75, 3.05) is 0 Å². The number of hydrogen-bond acceptors (Lipinski definition) is 3. The van der Waals surface area contributed by atoms with E-state index in [0.717, 1.165) is 43.2 Å². The fraction of sp³-hybridized carbons (Fsp3) is 0.353. The molecule has 1 fully saturated rings. The van der Waals surface area contributed by atoms with E-state index in [0.29, 0.717) is 11.3 Å². The van der Waals surface area contributed by atoms with Gasteiger partial charge in [-0.05, 0) is 43.5 Å². The summed E-state index contributed by atoms with van der Waals surface area (Å²) in [5, 5.41) is -0.0319. The highest BCUT2D eigenvalue weighted by molar-refractivity contribution is 6.28. The molecular formula is C17H14ClF2N3. The molecule has 4 rings (SSSR count). The molecule has 0 amide bonds. The second-order valence-corrected chi connectivity index (χ2v) is 6.48. The highest BCUT2D eigenvalue weighted by Gasteiger charge is 2.46. The minimum atomic E-state index is -0.569. The maximum absolute atomic E-state index is 14.3. The molecule has 1 spiro atoms. The first-order valence-electron chi connectivity index (χ1n) is 7.60. The van der Waals surface area contributed by atoms with Crippen LogP contribution in [0.25, 0.3) is 11.3 Å². The molecule has 0 bridgehead atoms. The van der Waals surface area contributed by atoms with Crippen molar-refractivity contribution in [2.45, 2.75) is 38.0 Å². The molecule has 118 valence electrons. The summed E-state index contributed by atoms with van der Waals surface area (Å²) in [5.74, 6) is -0.951.